The first-order valence-corrected chi connectivity index (χ1v) is 6.10. The van der Waals surface area contributed by atoms with Crippen LogP contribution in [-0.4, -0.2) is 22.7 Å². The Labute approximate surface area is 106 Å². The number of para-hydroxylation sites is 1. The minimum Gasteiger partial charge on any atom is -0.360 e. The fourth-order valence-corrected chi connectivity index (χ4v) is 2.44. The van der Waals surface area contributed by atoms with Gasteiger partial charge in [-0.05, 0) is 25.0 Å². The number of nitrogens with two attached hydrogens (primary N) is 1. The first-order chi connectivity index (χ1) is 8.72. The van der Waals surface area contributed by atoms with Gasteiger partial charge in [-0.3, -0.25) is 0 Å². The largest absolute Gasteiger partial charge is 0.360 e. The minimum absolute atomic E-state index is 0.156. The highest BCUT2D eigenvalue weighted by Gasteiger charge is 2.23. The number of fused-ring (bicyclic) bond motifs is 1. The van der Waals surface area contributed by atoms with Crippen molar-refractivity contribution in [1.82, 2.24) is 10.1 Å². The third-order valence-electron chi connectivity index (χ3n) is 3.17. The molecule has 1 aromatic heterocycles. The molecule has 0 aliphatic carbocycles. The maximum atomic E-state index is 6.09. The van der Waals surface area contributed by atoms with Crippen molar-refractivity contribution in [3.63, 3.8) is 0 Å². The number of nitrogens with zero attached hydrogens (tertiary/aromatic N) is 3. The normalized spacial score (nSPS) is 18.8. The Bertz CT molecular complexity index is 551. The van der Waals surface area contributed by atoms with Gasteiger partial charge in [0.15, 0.2) is 5.82 Å². The van der Waals surface area contributed by atoms with Crippen LogP contribution in [-0.2, 0) is 13.0 Å². The van der Waals surface area contributed by atoms with Crippen LogP contribution in [0.5, 0.6) is 0 Å². The van der Waals surface area contributed by atoms with Crippen molar-refractivity contribution in [3.05, 3.63) is 41.5 Å². The number of rotatable bonds is 2. The van der Waals surface area contributed by atoms with Crippen LogP contribution in [0.4, 0.5) is 5.69 Å². The Balaban J connectivity index is 1.88. The summed E-state index contributed by atoms with van der Waals surface area (Å²) in [4.78, 5) is 6.45. The van der Waals surface area contributed by atoms with Crippen molar-refractivity contribution in [1.29, 1.82) is 0 Å². The monoisotopic (exact) mass is 244 g/mol. The van der Waals surface area contributed by atoms with Crippen LogP contribution in [0.1, 0.15) is 17.3 Å². The molecule has 0 bridgehead atoms. The molecule has 2 heterocycles. The molecular formula is C13H16N4O. The quantitative estimate of drug-likeness (QED) is 0.861. The van der Waals surface area contributed by atoms with Gasteiger partial charge < -0.3 is 15.2 Å². The molecule has 0 fully saturated rings. The molecule has 2 N–H and O–H groups in total. The zero-order chi connectivity index (χ0) is 12.5. The van der Waals surface area contributed by atoms with Crippen molar-refractivity contribution in [2.75, 3.05) is 11.4 Å². The summed E-state index contributed by atoms with van der Waals surface area (Å²) in [5.74, 6) is 1.30. The van der Waals surface area contributed by atoms with Gasteiger partial charge in [0.05, 0.1) is 6.54 Å². The molecule has 18 heavy (non-hydrogen) atoms. The predicted molar refractivity (Wildman–Crippen MR) is 68.2 cm³/mol. The Morgan fingerprint density at radius 3 is 3.06 bits per heavy atom. The predicted octanol–water partition coefficient (Wildman–Crippen LogP) is 1.27. The van der Waals surface area contributed by atoms with E-state index < -0.39 is 0 Å². The van der Waals surface area contributed by atoms with E-state index in [1.54, 1.807) is 0 Å². The van der Waals surface area contributed by atoms with Crippen molar-refractivity contribution >= 4 is 5.69 Å². The van der Waals surface area contributed by atoms with Crippen LogP contribution in [0.3, 0.4) is 0 Å². The van der Waals surface area contributed by atoms with E-state index in [1.807, 2.05) is 19.1 Å². The molecule has 0 radical (unpaired) electrons. The van der Waals surface area contributed by atoms with E-state index in [-0.39, 0.29) is 6.04 Å². The van der Waals surface area contributed by atoms with Gasteiger partial charge in [0, 0.05) is 18.3 Å². The Kier molecular flexibility index (Phi) is 2.76. The van der Waals surface area contributed by atoms with Crippen molar-refractivity contribution in [2.24, 2.45) is 5.73 Å². The van der Waals surface area contributed by atoms with Crippen LogP contribution in [0.25, 0.3) is 0 Å². The first-order valence-electron chi connectivity index (χ1n) is 6.10. The van der Waals surface area contributed by atoms with Gasteiger partial charge in [-0.15, -0.1) is 0 Å². The summed E-state index contributed by atoms with van der Waals surface area (Å²) in [7, 11) is 0. The summed E-state index contributed by atoms with van der Waals surface area (Å²) in [5, 5.41) is 3.81. The number of hydrogen-bond donors (Lipinski definition) is 1. The highest BCUT2D eigenvalue weighted by atomic mass is 16.5. The van der Waals surface area contributed by atoms with Gasteiger partial charge in [0.2, 0.25) is 5.89 Å². The molecule has 94 valence electrons. The summed E-state index contributed by atoms with van der Waals surface area (Å²) in [6, 6.07) is 8.49. The number of benzene rings is 1. The van der Waals surface area contributed by atoms with Gasteiger partial charge in [0.1, 0.15) is 0 Å². The van der Waals surface area contributed by atoms with Crippen LogP contribution in [0.2, 0.25) is 0 Å². The fourth-order valence-electron chi connectivity index (χ4n) is 2.44. The number of aryl methyl sites for hydroxylation is 1. The zero-order valence-electron chi connectivity index (χ0n) is 10.3. The zero-order valence-corrected chi connectivity index (χ0v) is 10.3. The molecule has 0 saturated carbocycles. The smallest absolute Gasteiger partial charge is 0.246 e. The van der Waals surface area contributed by atoms with Gasteiger partial charge in [-0.1, -0.05) is 23.4 Å². The molecule has 0 amide bonds. The number of anilines is 1. The van der Waals surface area contributed by atoms with E-state index in [0.717, 1.165) is 13.0 Å². The Morgan fingerprint density at radius 1 is 1.44 bits per heavy atom. The molecule has 1 aliphatic heterocycles. The molecule has 1 aliphatic rings. The lowest BCUT2D eigenvalue weighted by Crippen LogP contribution is -2.42. The molecule has 0 saturated heterocycles. The number of aromatic nitrogens is 2. The Morgan fingerprint density at radius 2 is 2.28 bits per heavy atom. The van der Waals surface area contributed by atoms with Crippen molar-refractivity contribution < 1.29 is 4.52 Å². The van der Waals surface area contributed by atoms with Crippen LogP contribution in [0.15, 0.2) is 28.8 Å². The van der Waals surface area contributed by atoms with Crippen molar-refractivity contribution in [2.45, 2.75) is 25.9 Å². The fraction of sp³-hybridized carbons (Fsp3) is 0.385. The first kappa shape index (κ1) is 11.2. The maximum absolute atomic E-state index is 6.09. The van der Waals surface area contributed by atoms with Gasteiger partial charge >= 0.3 is 0 Å². The van der Waals surface area contributed by atoms with Crippen LogP contribution < -0.4 is 10.6 Å². The minimum atomic E-state index is 0.156. The second kappa shape index (κ2) is 4.42. The molecule has 1 atom stereocenters. The van der Waals surface area contributed by atoms with E-state index in [9.17, 15) is 0 Å². The lowest BCUT2D eigenvalue weighted by molar-refractivity contribution is 0.370. The molecule has 0 spiro atoms. The number of hydrogen-bond acceptors (Lipinski definition) is 5. The van der Waals surface area contributed by atoms with Gasteiger partial charge in [0.25, 0.3) is 0 Å². The SMILES string of the molecule is Cc1noc(CN2CC(N)Cc3ccccc32)n1. The molecule has 5 heteroatoms. The van der Waals surface area contributed by atoms with E-state index >= 15 is 0 Å². The lowest BCUT2D eigenvalue weighted by Gasteiger charge is -2.33. The highest BCUT2D eigenvalue weighted by molar-refractivity contribution is 5.56. The third-order valence-corrected chi connectivity index (χ3v) is 3.17. The maximum Gasteiger partial charge on any atom is 0.246 e. The Hall–Kier alpha value is -1.88. The van der Waals surface area contributed by atoms with Gasteiger partial charge in [-0.2, -0.15) is 4.98 Å². The van der Waals surface area contributed by atoms with Crippen molar-refractivity contribution in [3.8, 4) is 0 Å². The molecule has 5 nitrogen and oxygen atoms in total. The van der Waals surface area contributed by atoms with E-state index in [1.165, 1.54) is 11.3 Å². The summed E-state index contributed by atoms with van der Waals surface area (Å²) >= 11 is 0. The second-order valence-electron chi connectivity index (χ2n) is 4.71. The summed E-state index contributed by atoms with van der Waals surface area (Å²) < 4.78 is 5.17. The third kappa shape index (κ3) is 2.09. The van der Waals surface area contributed by atoms with Crippen LogP contribution >= 0.6 is 0 Å². The second-order valence-corrected chi connectivity index (χ2v) is 4.71. The highest BCUT2D eigenvalue weighted by Crippen LogP contribution is 2.27. The van der Waals surface area contributed by atoms with E-state index in [0.29, 0.717) is 18.3 Å². The lowest BCUT2D eigenvalue weighted by atomic mass is 9.98. The molecule has 1 unspecified atom stereocenters. The molecular weight excluding hydrogens is 228 g/mol. The van der Waals surface area contributed by atoms with E-state index in [2.05, 4.69) is 27.2 Å². The van der Waals surface area contributed by atoms with Gasteiger partial charge in [-0.25, -0.2) is 0 Å². The average molecular weight is 244 g/mol. The summed E-state index contributed by atoms with van der Waals surface area (Å²) in [5.41, 5.74) is 8.59. The molecule has 3 rings (SSSR count). The molecule has 1 aromatic carbocycles. The topological polar surface area (TPSA) is 68.2 Å². The van der Waals surface area contributed by atoms with Crippen LogP contribution in [0, 0.1) is 6.92 Å². The average Bonchev–Trinajstić information content (AvgIpc) is 2.74. The standard InChI is InChI=1S/C13H16N4O/c1-9-15-13(18-16-9)8-17-7-11(14)6-10-4-2-3-5-12(10)17/h2-5,11H,6-8,14H2,1H3. The van der Waals surface area contributed by atoms with E-state index in [4.69, 9.17) is 10.3 Å². The summed E-state index contributed by atoms with van der Waals surface area (Å²) in [6.45, 7) is 3.26. The summed E-state index contributed by atoms with van der Waals surface area (Å²) in [6.07, 6.45) is 0.926. The molecule has 2 aromatic rings.